The molecule has 0 aliphatic carbocycles. The molecule has 1 amide bonds. The molecule has 0 saturated carbocycles. The van der Waals surface area contributed by atoms with Crippen molar-refractivity contribution in [3.8, 4) is 0 Å². The predicted octanol–water partition coefficient (Wildman–Crippen LogP) is 0.00410. The van der Waals surface area contributed by atoms with E-state index in [1.54, 1.807) is 6.07 Å². The molecule has 6 nitrogen and oxygen atoms in total. The molecule has 17 heavy (non-hydrogen) atoms. The van der Waals surface area contributed by atoms with Crippen LogP contribution in [0.5, 0.6) is 0 Å². The Morgan fingerprint density at radius 3 is 2.59 bits per heavy atom. The Kier molecular flexibility index (Phi) is 2.62. The van der Waals surface area contributed by atoms with Gasteiger partial charge in [-0.3, -0.25) is 9.59 Å². The Morgan fingerprint density at radius 1 is 1.35 bits per heavy atom. The summed E-state index contributed by atoms with van der Waals surface area (Å²) in [6, 6.07) is 5.82. The van der Waals surface area contributed by atoms with Crippen molar-refractivity contribution in [3.63, 3.8) is 0 Å². The maximum absolute atomic E-state index is 11.9. The summed E-state index contributed by atoms with van der Waals surface area (Å²) >= 11 is 0. The minimum absolute atomic E-state index is 0.0751. The zero-order valence-corrected chi connectivity index (χ0v) is 9.73. The van der Waals surface area contributed by atoms with E-state index in [-0.39, 0.29) is 10.5 Å². The Hall–Kier alpha value is -1.89. The number of carbonyl (C=O) groups is 2. The van der Waals surface area contributed by atoms with Crippen molar-refractivity contribution >= 4 is 21.9 Å². The summed E-state index contributed by atoms with van der Waals surface area (Å²) in [7, 11) is -2.79. The van der Waals surface area contributed by atoms with Crippen LogP contribution in [0.25, 0.3) is 0 Å². The highest BCUT2D eigenvalue weighted by Gasteiger charge is 2.41. The average molecular weight is 255 g/mol. The third kappa shape index (κ3) is 1.68. The third-order valence-corrected chi connectivity index (χ3v) is 4.20. The van der Waals surface area contributed by atoms with Crippen molar-refractivity contribution in [1.82, 2.24) is 4.31 Å². The number of carbonyl (C=O) groups excluding carboxylic acids is 2. The van der Waals surface area contributed by atoms with Crippen LogP contribution in [0, 0.1) is 0 Å². The molecular formula is C10H9NO5S. The summed E-state index contributed by atoms with van der Waals surface area (Å²) in [6.07, 6.45) is 0. The lowest BCUT2D eigenvalue weighted by atomic mass is 10.2. The first-order valence-electron chi connectivity index (χ1n) is 4.71. The van der Waals surface area contributed by atoms with E-state index < -0.39 is 28.4 Å². The number of methoxy groups -OCH3 is 1. The number of amides is 1. The number of nitrogens with zero attached hydrogens (tertiary/aromatic N) is 1. The molecule has 0 radical (unpaired) electrons. The van der Waals surface area contributed by atoms with Crippen LogP contribution in [0.1, 0.15) is 10.4 Å². The summed E-state index contributed by atoms with van der Waals surface area (Å²) in [5.74, 6) is -1.49. The van der Waals surface area contributed by atoms with Crippen LogP contribution in [0.4, 0.5) is 0 Å². The highest BCUT2D eigenvalue weighted by Crippen LogP contribution is 2.29. The number of sulfonamides is 1. The van der Waals surface area contributed by atoms with Crippen molar-refractivity contribution in [2.45, 2.75) is 4.90 Å². The topological polar surface area (TPSA) is 80.8 Å². The number of benzene rings is 1. The Morgan fingerprint density at radius 2 is 2.00 bits per heavy atom. The van der Waals surface area contributed by atoms with Gasteiger partial charge in [-0.25, -0.2) is 12.7 Å². The first-order valence-corrected chi connectivity index (χ1v) is 6.15. The average Bonchev–Trinajstić information content (AvgIpc) is 2.51. The second-order valence-corrected chi connectivity index (χ2v) is 5.22. The van der Waals surface area contributed by atoms with Crippen LogP contribution in [0.3, 0.4) is 0 Å². The van der Waals surface area contributed by atoms with Gasteiger partial charge in [0.1, 0.15) is 11.4 Å². The smallest absolute Gasteiger partial charge is 0.326 e. The Balaban J connectivity index is 2.48. The van der Waals surface area contributed by atoms with Gasteiger partial charge >= 0.3 is 5.97 Å². The van der Waals surface area contributed by atoms with Crippen LogP contribution >= 0.6 is 0 Å². The second-order valence-electron chi connectivity index (χ2n) is 3.39. The summed E-state index contributed by atoms with van der Waals surface area (Å²) in [5.41, 5.74) is 0.0800. The lowest BCUT2D eigenvalue weighted by Crippen LogP contribution is -2.35. The maximum atomic E-state index is 11.9. The van der Waals surface area contributed by atoms with Crippen LogP contribution in [-0.2, 0) is 19.6 Å². The lowest BCUT2D eigenvalue weighted by molar-refractivity contribution is -0.140. The van der Waals surface area contributed by atoms with Crippen molar-refractivity contribution in [1.29, 1.82) is 0 Å². The number of hydrogen-bond acceptors (Lipinski definition) is 5. The van der Waals surface area contributed by atoms with Gasteiger partial charge in [-0.05, 0) is 12.1 Å². The molecule has 0 bridgehead atoms. The molecule has 1 aromatic rings. The molecule has 0 unspecified atom stereocenters. The maximum Gasteiger partial charge on any atom is 0.326 e. The number of ether oxygens (including phenoxy) is 1. The molecule has 0 spiro atoms. The van der Waals surface area contributed by atoms with Crippen molar-refractivity contribution < 1.29 is 22.7 Å². The standard InChI is InChI=1S/C10H9NO5S/c1-16-9(12)6-11-10(13)7-4-2-3-5-8(7)17(11,14)15/h2-5H,6H2,1H3. The normalized spacial score (nSPS) is 16.8. The lowest BCUT2D eigenvalue weighted by Gasteiger charge is -2.12. The molecule has 0 aromatic heterocycles. The first kappa shape index (κ1) is 11.6. The molecule has 0 saturated heterocycles. The van der Waals surface area contributed by atoms with Gasteiger partial charge in [0.2, 0.25) is 0 Å². The Bertz CT molecular complexity index is 592. The largest absolute Gasteiger partial charge is 0.468 e. The van der Waals surface area contributed by atoms with E-state index in [1.807, 2.05) is 0 Å². The molecule has 1 heterocycles. The fraction of sp³-hybridized carbons (Fsp3) is 0.200. The zero-order valence-electron chi connectivity index (χ0n) is 8.91. The van der Waals surface area contributed by atoms with Crippen molar-refractivity contribution in [3.05, 3.63) is 29.8 Å². The van der Waals surface area contributed by atoms with Gasteiger partial charge in [0.15, 0.2) is 0 Å². The fourth-order valence-electron chi connectivity index (χ4n) is 1.57. The first-order chi connectivity index (χ1) is 7.98. The van der Waals surface area contributed by atoms with E-state index in [9.17, 15) is 18.0 Å². The Labute approximate surface area is 97.8 Å². The van der Waals surface area contributed by atoms with E-state index in [0.717, 1.165) is 7.11 Å². The van der Waals surface area contributed by atoms with E-state index in [4.69, 9.17) is 0 Å². The molecule has 0 atom stereocenters. The molecule has 1 aromatic carbocycles. The molecule has 1 aliphatic rings. The molecular weight excluding hydrogens is 246 g/mol. The molecule has 2 rings (SSSR count). The second kappa shape index (κ2) is 3.85. The van der Waals surface area contributed by atoms with Gasteiger partial charge in [0.25, 0.3) is 15.9 Å². The SMILES string of the molecule is COC(=O)CN1C(=O)c2ccccc2S1(=O)=O. The van der Waals surface area contributed by atoms with Gasteiger partial charge in [-0.1, -0.05) is 12.1 Å². The van der Waals surface area contributed by atoms with E-state index in [1.165, 1.54) is 18.2 Å². The molecule has 90 valence electrons. The van der Waals surface area contributed by atoms with Crippen LogP contribution in [0.2, 0.25) is 0 Å². The number of fused-ring (bicyclic) bond motifs is 1. The van der Waals surface area contributed by atoms with Crippen LogP contribution in [-0.4, -0.2) is 38.3 Å². The van der Waals surface area contributed by atoms with Crippen molar-refractivity contribution in [2.24, 2.45) is 0 Å². The molecule has 7 heteroatoms. The number of hydrogen-bond donors (Lipinski definition) is 0. The van der Waals surface area contributed by atoms with E-state index in [0.29, 0.717) is 4.31 Å². The monoisotopic (exact) mass is 255 g/mol. The van der Waals surface area contributed by atoms with Gasteiger partial charge in [-0.2, -0.15) is 0 Å². The molecule has 1 aliphatic heterocycles. The van der Waals surface area contributed by atoms with Gasteiger partial charge < -0.3 is 4.74 Å². The molecule has 0 fully saturated rings. The van der Waals surface area contributed by atoms with Crippen molar-refractivity contribution in [2.75, 3.05) is 13.7 Å². The van der Waals surface area contributed by atoms with Gasteiger partial charge in [0, 0.05) is 0 Å². The highest BCUT2D eigenvalue weighted by molar-refractivity contribution is 7.90. The van der Waals surface area contributed by atoms with Crippen LogP contribution < -0.4 is 0 Å². The zero-order chi connectivity index (χ0) is 12.6. The minimum atomic E-state index is -3.92. The summed E-state index contributed by atoms with van der Waals surface area (Å²) < 4.78 is 28.8. The third-order valence-electron chi connectivity index (χ3n) is 2.41. The predicted molar refractivity (Wildman–Crippen MR) is 56.7 cm³/mol. The van der Waals surface area contributed by atoms with Gasteiger partial charge in [0.05, 0.1) is 12.7 Å². The fourth-order valence-corrected chi connectivity index (χ4v) is 3.08. The number of esters is 1. The van der Waals surface area contributed by atoms with Crippen LogP contribution in [0.15, 0.2) is 29.2 Å². The minimum Gasteiger partial charge on any atom is -0.468 e. The summed E-state index contributed by atoms with van der Waals surface area (Å²) in [6.45, 7) is -0.605. The quantitative estimate of drug-likeness (QED) is 0.695. The summed E-state index contributed by atoms with van der Waals surface area (Å²) in [5, 5.41) is 0. The highest BCUT2D eigenvalue weighted by atomic mass is 32.2. The van der Waals surface area contributed by atoms with E-state index in [2.05, 4.69) is 4.74 Å². The summed E-state index contributed by atoms with van der Waals surface area (Å²) in [4.78, 5) is 22.8. The van der Waals surface area contributed by atoms with Gasteiger partial charge in [-0.15, -0.1) is 0 Å². The number of rotatable bonds is 2. The molecule has 0 N–H and O–H groups in total. The van der Waals surface area contributed by atoms with E-state index >= 15 is 0 Å².